The van der Waals surface area contributed by atoms with Crippen LogP contribution in [0.1, 0.15) is 31.4 Å². The highest BCUT2D eigenvalue weighted by Crippen LogP contribution is 2.17. The average Bonchev–Trinajstić information content (AvgIpc) is 2.41. The number of carbonyl (C=O) groups is 1. The Kier molecular flexibility index (Phi) is 5.40. The predicted octanol–water partition coefficient (Wildman–Crippen LogP) is 1.94. The normalized spacial score (nSPS) is 18.8. The first-order valence-electron chi connectivity index (χ1n) is 7.07. The summed E-state index contributed by atoms with van der Waals surface area (Å²) in [6.45, 7) is 4.22. The minimum Gasteiger partial charge on any atom is -0.348 e. The largest absolute Gasteiger partial charge is 0.348 e. The maximum Gasteiger partial charge on any atom is 0.234 e. The molecule has 0 saturated carbocycles. The summed E-state index contributed by atoms with van der Waals surface area (Å²) in [6, 6.07) is 7.83. The predicted molar refractivity (Wildman–Crippen MR) is 81.7 cm³/mol. The molecule has 0 aromatic heterocycles. The van der Waals surface area contributed by atoms with Gasteiger partial charge >= 0.3 is 0 Å². The van der Waals surface area contributed by atoms with E-state index in [1.54, 1.807) is 0 Å². The summed E-state index contributed by atoms with van der Waals surface area (Å²) in [5.41, 5.74) is 6.88. The Morgan fingerprint density at radius 2 is 2.20 bits per heavy atom. The number of benzene rings is 1. The molecule has 4 nitrogen and oxygen atoms in total. The zero-order valence-electron chi connectivity index (χ0n) is 11.8. The van der Waals surface area contributed by atoms with E-state index in [0.29, 0.717) is 17.6 Å². The van der Waals surface area contributed by atoms with Gasteiger partial charge in [-0.1, -0.05) is 23.7 Å². The molecule has 1 aliphatic heterocycles. The van der Waals surface area contributed by atoms with Crippen LogP contribution < -0.4 is 11.1 Å². The number of likely N-dealkylation sites (tertiary alicyclic amines) is 1. The van der Waals surface area contributed by atoms with Crippen LogP contribution in [-0.2, 0) is 4.79 Å². The maximum absolute atomic E-state index is 12.0. The lowest BCUT2D eigenvalue weighted by Crippen LogP contribution is -2.44. The summed E-state index contributed by atoms with van der Waals surface area (Å²) in [6.07, 6.45) is 1.94. The molecular weight excluding hydrogens is 274 g/mol. The molecule has 3 N–H and O–H groups in total. The molecule has 1 aliphatic rings. The average molecular weight is 296 g/mol. The topological polar surface area (TPSA) is 58.4 Å². The van der Waals surface area contributed by atoms with Crippen molar-refractivity contribution in [3.05, 3.63) is 34.9 Å². The highest BCUT2D eigenvalue weighted by atomic mass is 35.5. The Balaban J connectivity index is 1.82. The van der Waals surface area contributed by atoms with Crippen LogP contribution in [0.3, 0.4) is 0 Å². The Morgan fingerprint density at radius 1 is 1.50 bits per heavy atom. The second-order valence-corrected chi connectivity index (χ2v) is 5.89. The molecule has 1 amide bonds. The SMILES string of the molecule is C[C@@H](NC(=O)CN1CCC(N)CC1)c1cccc(Cl)c1. The van der Waals surface area contributed by atoms with Crippen molar-refractivity contribution in [1.82, 2.24) is 10.2 Å². The first-order chi connectivity index (χ1) is 9.54. The number of amides is 1. The molecule has 1 atom stereocenters. The van der Waals surface area contributed by atoms with Crippen molar-refractivity contribution in [2.75, 3.05) is 19.6 Å². The van der Waals surface area contributed by atoms with Crippen LogP contribution >= 0.6 is 11.6 Å². The Labute approximate surface area is 125 Å². The van der Waals surface area contributed by atoms with Crippen LogP contribution in [0.4, 0.5) is 0 Å². The highest BCUT2D eigenvalue weighted by molar-refractivity contribution is 6.30. The quantitative estimate of drug-likeness (QED) is 0.892. The van der Waals surface area contributed by atoms with Crippen LogP contribution in [0.5, 0.6) is 0 Å². The molecule has 1 heterocycles. The summed E-state index contributed by atoms with van der Waals surface area (Å²) in [7, 11) is 0. The molecular formula is C15H22ClN3O. The monoisotopic (exact) mass is 295 g/mol. The zero-order valence-corrected chi connectivity index (χ0v) is 12.6. The van der Waals surface area contributed by atoms with Gasteiger partial charge in [0.2, 0.25) is 5.91 Å². The molecule has 0 radical (unpaired) electrons. The molecule has 0 spiro atoms. The smallest absolute Gasteiger partial charge is 0.234 e. The fourth-order valence-electron chi connectivity index (χ4n) is 2.46. The van der Waals surface area contributed by atoms with Crippen molar-refractivity contribution >= 4 is 17.5 Å². The third kappa shape index (κ3) is 4.47. The van der Waals surface area contributed by atoms with Crippen molar-refractivity contribution in [2.45, 2.75) is 31.8 Å². The summed E-state index contributed by atoms with van der Waals surface area (Å²) >= 11 is 5.96. The number of nitrogens with one attached hydrogen (secondary N) is 1. The molecule has 0 bridgehead atoms. The molecule has 20 heavy (non-hydrogen) atoms. The number of halogens is 1. The third-order valence-electron chi connectivity index (χ3n) is 3.73. The van der Waals surface area contributed by atoms with Gasteiger partial charge in [0, 0.05) is 24.2 Å². The first kappa shape index (κ1) is 15.3. The van der Waals surface area contributed by atoms with E-state index in [0.717, 1.165) is 31.5 Å². The molecule has 1 fully saturated rings. The van der Waals surface area contributed by atoms with E-state index in [1.165, 1.54) is 0 Å². The lowest BCUT2D eigenvalue weighted by atomic mass is 10.1. The van der Waals surface area contributed by atoms with Gasteiger partial charge in [-0.3, -0.25) is 9.69 Å². The van der Waals surface area contributed by atoms with E-state index in [1.807, 2.05) is 31.2 Å². The van der Waals surface area contributed by atoms with Gasteiger partial charge in [-0.15, -0.1) is 0 Å². The van der Waals surface area contributed by atoms with Crippen molar-refractivity contribution in [1.29, 1.82) is 0 Å². The standard InChI is InChI=1S/C15H22ClN3O/c1-11(12-3-2-4-13(16)9-12)18-15(20)10-19-7-5-14(17)6-8-19/h2-4,9,11,14H,5-8,10,17H2,1H3,(H,18,20)/t11-/m1/s1. The molecule has 1 aromatic rings. The number of hydrogen-bond donors (Lipinski definition) is 2. The van der Waals surface area contributed by atoms with E-state index in [2.05, 4.69) is 10.2 Å². The molecule has 110 valence electrons. The van der Waals surface area contributed by atoms with Gasteiger partial charge in [0.1, 0.15) is 0 Å². The third-order valence-corrected chi connectivity index (χ3v) is 3.96. The van der Waals surface area contributed by atoms with Crippen LogP contribution in [0.25, 0.3) is 0 Å². The number of rotatable bonds is 4. The van der Waals surface area contributed by atoms with E-state index >= 15 is 0 Å². The zero-order chi connectivity index (χ0) is 14.5. The van der Waals surface area contributed by atoms with Crippen molar-refractivity contribution in [3.8, 4) is 0 Å². The second kappa shape index (κ2) is 7.07. The molecule has 1 aromatic carbocycles. The van der Waals surface area contributed by atoms with Gasteiger partial charge in [0.15, 0.2) is 0 Å². The number of hydrogen-bond acceptors (Lipinski definition) is 3. The van der Waals surface area contributed by atoms with E-state index < -0.39 is 0 Å². The van der Waals surface area contributed by atoms with Gasteiger partial charge in [0.25, 0.3) is 0 Å². The number of carbonyl (C=O) groups excluding carboxylic acids is 1. The summed E-state index contributed by atoms with van der Waals surface area (Å²) in [5.74, 6) is 0.0490. The molecule has 5 heteroatoms. The number of nitrogens with zero attached hydrogens (tertiary/aromatic N) is 1. The van der Waals surface area contributed by atoms with Gasteiger partial charge < -0.3 is 11.1 Å². The van der Waals surface area contributed by atoms with Gasteiger partial charge in [-0.25, -0.2) is 0 Å². The van der Waals surface area contributed by atoms with Crippen molar-refractivity contribution in [2.24, 2.45) is 5.73 Å². The van der Waals surface area contributed by atoms with Crippen LogP contribution in [0, 0.1) is 0 Å². The van der Waals surface area contributed by atoms with E-state index in [4.69, 9.17) is 17.3 Å². The Hall–Kier alpha value is -1.10. The number of nitrogens with two attached hydrogens (primary N) is 1. The van der Waals surface area contributed by atoms with E-state index in [-0.39, 0.29) is 11.9 Å². The molecule has 0 aliphatic carbocycles. The first-order valence-corrected chi connectivity index (χ1v) is 7.45. The minimum absolute atomic E-state index is 0.0340. The van der Waals surface area contributed by atoms with Gasteiger partial charge in [-0.05, 0) is 37.5 Å². The minimum atomic E-state index is -0.0340. The molecule has 1 saturated heterocycles. The van der Waals surface area contributed by atoms with Gasteiger partial charge in [-0.2, -0.15) is 0 Å². The highest BCUT2D eigenvalue weighted by Gasteiger charge is 2.19. The van der Waals surface area contributed by atoms with Crippen LogP contribution in [0.15, 0.2) is 24.3 Å². The summed E-state index contributed by atoms with van der Waals surface area (Å²) < 4.78 is 0. The fourth-order valence-corrected chi connectivity index (χ4v) is 2.66. The van der Waals surface area contributed by atoms with Gasteiger partial charge in [0.05, 0.1) is 12.6 Å². The maximum atomic E-state index is 12.0. The lowest BCUT2D eigenvalue weighted by Gasteiger charge is -2.29. The van der Waals surface area contributed by atoms with Crippen LogP contribution in [-0.4, -0.2) is 36.5 Å². The second-order valence-electron chi connectivity index (χ2n) is 5.46. The summed E-state index contributed by atoms with van der Waals surface area (Å²) in [5, 5.41) is 3.70. The lowest BCUT2D eigenvalue weighted by molar-refractivity contribution is -0.123. The fraction of sp³-hybridized carbons (Fsp3) is 0.533. The van der Waals surface area contributed by atoms with Crippen molar-refractivity contribution < 1.29 is 4.79 Å². The Bertz CT molecular complexity index is 458. The van der Waals surface area contributed by atoms with E-state index in [9.17, 15) is 4.79 Å². The molecule has 2 rings (SSSR count). The van der Waals surface area contributed by atoms with Crippen LogP contribution in [0.2, 0.25) is 5.02 Å². The Morgan fingerprint density at radius 3 is 2.85 bits per heavy atom. The van der Waals surface area contributed by atoms with Crippen molar-refractivity contribution in [3.63, 3.8) is 0 Å². The molecule has 0 unspecified atom stereocenters. The number of piperidine rings is 1. The summed E-state index contributed by atoms with van der Waals surface area (Å²) in [4.78, 5) is 14.2.